The second-order valence-electron chi connectivity index (χ2n) is 9.72. The number of nitrogens with one attached hydrogen (secondary N) is 2. The lowest BCUT2D eigenvalue weighted by Crippen LogP contribution is -2.45. The summed E-state index contributed by atoms with van der Waals surface area (Å²) >= 11 is 5.85. The third-order valence-electron chi connectivity index (χ3n) is 6.76. The number of piperidine rings is 1. The molecule has 0 unspecified atom stereocenters. The zero-order chi connectivity index (χ0) is 28.5. The van der Waals surface area contributed by atoms with Gasteiger partial charge in [0.2, 0.25) is 0 Å². The fourth-order valence-electron chi connectivity index (χ4n) is 4.26. The van der Waals surface area contributed by atoms with Crippen LogP contribution in [-0.2, 0) is 11.3 Å². The van der Waals surface area contributed by atoms with Crippen LogP contribution in [0.25, 0.3) is 0 Å². The number of likely N-dealkylation sites (tertiary alicyclic amines) is 1. The van der Waals surface area contributed by atoms with E-state index in [1.807, 2.05) is 12.3 Å². The molecule has 2 rings (SSSR count). The van der Waals surface area contributed by atoms with Gasteiger partial charge in [-0.1, -0.05) is 31.0 Å². The van der Waals surface area contributed by atoms with E-state index in [0.29, 0.717) is 35.5 Å². The predicted octanol–water partition coefficient (Wildman–Crippen LogP) is 4.04. The van der Waals surface area contributed by atoms with Gasteiger partial charge < -0.3 is 15.3 Å². The number of hydrazine groups is 1. The maximum Gasteiger partial charge on any atom is 0.262 e. The second-order valence-corrected chi connectivity index (χ2v) is 10.2. The molecular formula is C28H48ClFN6O2. The Morgan fingerprint density at radius 1 is 1.29 bits per heavy atom. The Morgan fingerprint density at radius 3 is 2.53 bits per heavy atom. The smallest absolute Gasteiger partial charge is 0.262 e. The van der Waals surface area contributed by atoms with Crippen molar-refractivity contribution in [2.45, 2.75) is 59.0 Å². The topological polar surface area (TPSA) is 97.1 Å². The van der Waals surface area contributed by atoms with Crippen LogP contribution in [0.1, 0.15) is 52.0 Å². The first-order valence-electron chi connectivity index (χ1n) is 13.4. The number of rotatable bonds is 13. The van der Waals surface area contributed by atoms with Crippen LogP contribution in [0.4, 0.5) is 4.39 Å². The van der Waals surface area contributed by atoms with Gasteiger partial charge in [0.25, 0.3) is 5.91 Å². The van der Waals surface area contributed by atoms with Crippen LogP contribution in [0.2, 0.25) is 5.02 Å². The number of aliphatic hydroxyl groups is 1. The van der Waals surface area contributed by atoms with Gasteiger partial charge in [-0.15, -0.1) is 0 Å². The minimum absolute atomic E-state index is 0.215. The molecule has 216 valence electrons. The quantitative estimate of drug-likeness (QED) is 0.0960. The Balaban J connectivity index is 0.000000686. The first-order chi connectivity index (χ1) is 18.1. The van der Waals surface area contributed by atoms with Crippen molar-refractivity contribution in [1.29, 1.82) is 0 Å². The maximum absolute atomic E-state index is 14.0. The zero-order valence-corrected chi connectivity index (χ0v) is 24.5. The number of amides is 1. The van der Waals surface area contributed by atoms with Gasteiger partial charge in [0, 0.05) is 55.1 Å². The Bertz CT molecular complexity index is 890. The first kappa shape index (κ1) is 33.9. The molecule has 8 nitrogen and oxygen atoms in total. The van der Waals surface area contributed by atoms with E-state index in [9.17, 15) is 14.3 Å². The standard InChI is InChI=1S/C23H37ClFN3O.C5H11N3O/c1-4-6-11-27(18-22(29)5-2)15-14-26(3)21-9-12-28(13-10-21)17-19-7-8-20(24)16-23(19)25;1-4(3-7-2)5(9)8-6/h5,7-8,16,21,29H,4,6,9-15,17-18H2,1-3H3;3,7H,6H2,1-2H3,(H,8,9)/b22-5+;4-3+. The number of hydrogen-bond acceptors (Lipinski definition) is 7. The monoisotopic (exact) mass is 554 g/mol. The van der Waals surface area contributed by atoms with E-state index in [1.54, 1.807) is 38.4 Å². The van der Waals surface area contributed by atoms with Crippen molar-refractivity contribution in [3.8, 4) is 0 Å². The van der Waals surface area contributed by atoms with Gasteiger partial charge in [-0.05, 0) is 78.0 Å². The molecule has 1 heterocycles. The number of allylic oxidation sites excluding steroid dienone is 1. The normalized spacial score (nSPS) is 15.4. The Hall–Kier alpha value is -2.17. The summed E-state index contributed by atoms with van der Waals surface area (Å²) in [5.41, 5.74) is 3.28. The highest BCUT2D eigenvalue weighted by Gasteiger charge is 2.23. The number of carbonyl (C=O) groups excluding carboxylic acids is 1. The van der Waals surface area contributed by atoms with Crippen LogP contribution in [-0.4, -0.2) is 85.1 Å². The van der Waals surface area contributed by atoms with E-state index < -0.39 is 0 Å². The molecule has 38 heavy (non-hydrogen) atoms. The highest BCUT2D eigenvalue weighted by Crippen LogP contribution is 2.20. The lowest BCUT2D eigenvalue weighted by molar-refractivity contribution is -0.117. The molecular weight excluding hydrogens is 507 g/mol. The molecule has 1 aliphatic heterocycles. The summed E-state index contributed by atoms with van der Waals surface area (Å²) in [4.78, 5) is 17.7. The summed E-state index contributed by atoms with van der Waals surface area (Å²) in [6, 6.07) is 5.51. The summed E-state index contributed by atoms with van der Waals surface area (Å²) in [6.07, 6.45) is 7.86. The van der Waals surface area contributed by atoms with Crippen LogP contribution >= 0.6 is 11.6 Å². The van der Waals surface area contributed by atoms with E-state index in [4.69, 9.17) is 17.4 Å². The van der Waals surface area contributed by atoms with Gasteiger partial charge in [0.05, 0.1) is 6.54 Å². The van der Waals surface area contributed by atoms with Crippen LogP contribution < -0.4 is 16.6 Å². The second kappa shape index (κ2) is 19.0. The first-order valence-corrected chi connectivity index (χ1v) is 13.8. The van der Waals surface area contributed by atoms with Crippen LogP contribution in [0.3, 0.4) is 0 Å². The maximum atomic E-state index is 14.0. The zero-order valence-electron chi connectivity index (χ0n) is 23.8. The molecule has 1 aromatic carbocycles. The molecule has 0 aromatic heterocycles. The molecule has 1 fully saturated rings. The molecule has 1 aliphatic rings. The Kier molecular flexibility index (Phi) is 16.9. The molecule has 0 spiro atoms. The van der Waals surface area contributed by atoms with Crippen LogP contribution in [0, 0.1) is 5.82 Å². The Morgan fingerprint density at radius 2 is 1.97 bits per heavy atom. The number of likely N-dealkylation sites (N-methyl/N-ethyl adjacent to an activating group) is 1. The third-order valence-corrected chi connectivity index (χ3v) is 6.99. The molecule has 1 amide bonds. The molecule has 0 bridgehead atoms. The fourth-order valence-corrected chi connectivity index (χ4v) is 4.42. The summed E-state index contributed by atoms with van der Waals surface area (Å²) in [5, 5.41) is 13.0. The number of aliphatic hydroxyl groups excluding tert-OH is 1. The molecule has 1 aromatic rings. The van der Waals surface area contributed by atoms with Gasteiger partial charge in [-0.25, -0.2) is 10.2 Å². The van der Waals surface area contributed by atoms with Crippen molar-refractivity contribution >= 4 is 17.5 Å². The number of carbonyl (C=O) groups is 1. The van der Waals surface area contributed by atoms with E-state index in [1.165, 1.54) is 6.07 Å². The lowest BCUT2D eigenvalue weighted by Gasteiger charge is -2.37. The number of benzene rings is 1. The number of unbranched alkanes of at least 4 members (excludes halogenated alkanes) is 1. The number of halogens is 2. The minimum Gasteiger partial charge on any atom is -0.511 e. The molecule has 0 aliphatic carbocycles. The van der Waals surface area contributed by atoms with E-state index in [0.717, 1.165) is 64.0 Å². The molecule has 0 saturated carbocycles. The van der Waals surface area contributed by atoms with Crippen LogP contribution in [0.15, 0.2) is 41.8 Å². The predicted molar refractivity (Wildman–Crippen MR) is 155 cm³/mol. The van der Waals surface area contributed by atoms with E-state index >= 15 is 0 Å². The van der Waals surface area contributed by atoms with Crippen LogP contribution in [0.5, 0.6) is 0 Å². The number of nitrogens with two attached hydrogens (primary N) is 1. The summed E-state index contributed by atoms with van der Waals surface area (Å²) < 4.78 is 14.0. The van der Waals surface area contributed by atoms with Gasteiger partial charge in [-0.3, -0.25) is 20.0 Å². The molecule has 0 radical (unpaired) electrons. The molecule has 1 saturated heterocycles. The largest absolute Gasteiger partial charge is 0.511 e. The fraction of sp³-hybridized carbons (Fsp3) is 0.607. The summed E-state index contributed by atoms with van der Waals surface area (Å²) in [6.45, 7) is 12.0. The van der Waals surface area contributed by atoms with Crippen molar-refractivity contribution in [2.75, 3.05) is 53.4 Å². The highest BCUT2D eigenvalue weighted by atomic mass is 35.5. The van der Waals surface area contributed by atoms with Crippen molar-refractivity contribution in [2.24, 2.45) is 5.84 Å². The van der Waals surface area contributed by atoms with Gasteiger partial charge in [-0.2, -0.15) is 0 Å². The minimum atomic E-state index is -0.274. The molecule has 0 atom stereocenters. The summed E-state index contributed by atoms with van der Waals surface area (Å²) in [7, 11) is 3.92. The summed E-state index contributed by atoms with van der Waals surface area (Å²) in [5.74, 6) is 4.80. The average molecular weight is 555 g/mol. The average Bonchev–Trinajstić information content (AvgIpc) is 2.91. The van der Waals surface area contributed by atoms with Crippen molar-refractivity contribution in [1.82, 2.24) is 25.4 Å². The highest BCUT2D eigenvalue weighted by molar-refractivity contribution is 6.30. The van der Waals surface area contributed by atoms with E-state index in [2.05, 4.69) is 34.0 Å². The lowest BCUT2D eigenvalue weighted by atomic mass is 10.0. The SMILES string of the molecule is C/C=C(/O)CN(CCCC)CCN(C)C1CCN(Cc2ccc(Cl)cc2F)CC1.CN/C=C(\C)C(=O)NN. The third kappa shape index (κ3) is 13.1. The molecule has 5 N–H and O–H groups in total. The van der Waals surface area contributed by atoms with Crippen molar-refractivity contribution in [3.63, 3.8) is 0 Å². The van der Waals surface area contributed by atoms with E-state index in [-0.39, 0.29) is 11.7 Å². The molecule has 10 heteroatoms. The van der Waals surface area contributed by atoms with Gasteiger partial charge in [0.1, 0.15) is 11.6 Å². The number of nitrogens with zero attached hydrogens (tertiary/aromatic N) is 3. The Labute approximate surface area is 233 Å². The van der Waals surface area contributed by atoms with Gasteiger partial charge >= 0.3 is 0 Å². The van der Waals surface area contributed by atoms with Gasteiger partial charge in [0.15, 0.2) is 0 Å². The van der Waals surface area contributed by atoms with Crippen molar-refractivity contribution < 1.29 is 14.3 Å². The van der Waals surface area contributed by atoms with Crippen molar-refractivity contribution in [3.05, 3.63) is 58.2 Å². The number of hydrogen-bond donors (Lipinski definition) is 4.